The maximum absolute atomic E-state index is 11.2. The van der Waals surface area contributed by atoms with Crippen molar-refractivity contribution in [3.8, 4) is 0 Å². The van der Waals surface area contributed by atoms with Crippen molar-refractivity contribution in [2.24, 2.45) is 17.8 Å². The van der Waals surface area contributed by atoms with Crippen molar-refractivity contribution >= 4 is 21.9 Å². The largest absolute Gasteiger partial charge is 0.461 e. The number of rotatable bonds is 0. The van der Waals surface area contributed by atoms with Crippen molar-refractivity contribution in [3.63, 3.8) is 0 Å². The lowest BCUT2D eigenvalue weighted by atomic mass is 9.90. The Labute approximate surface area is 73.4 Å². The van der Waals surface area contributed by atoms with E-state index in [9.17, 15) is 4.79 Å². The van der Waals surface area contributed by atoms with Crippen LogP contribution < -0.4 is 0 Å². The van der Waals surface area contributed by atoms with E-state index in [4.69, 9.17) is 4.74 Å². The summed E-state index contributed by atoms with van der Waals surface area (Å²) >= 11 is 3.60. The third kappa shape index (κ3) is 0.616. The molecule has 1 saturated heterocycles. The van der Waals surface area contributed by atoms with Crippen LogP contribution in [0.25, 0.3) is 0 Å². The van der Waals surface area contributed by atoms with E-state index >= 15 is 0 Å². The van der Waals surface area contributed by atoms with Crippen LogP contribution in [0.3, 0.4) is 0 Å². The van der Waals surface area contributed by atoms with Gasteiger partial charge in [-0.1, -0.05) is 15.9 Å². The van der Waals surface area contributed by atoms with E-state index in [0.29, 0.717) is 16.7 Å². The first kappa shape index (κ1) is 6.46. The summed E-state index contributed by atoms with van der Waals surface area (Å²) in [6, 6.07) is 0. The van der Waals surface area contributed by atoms with Crippen molar-refractivity contribution in [1.29, 1.82) is 0 Å². The molecule has 3 aliphatic rings. The molecule has 0 radical (unpaired) electrons. The van der Waals surface area contributed by atoms with Gasteiger partial charge in [-0.05, 0) is 18.8 Å². The predicted molar refractivity (Wildman–Crippen MR) is 42.3 cm³/mol. The van der Waals surface area contributed by atoms with Crippen LogP contribution in [-0.4, -0.2) is 16.9 Å². The lowest BCUT2D eigenvalue weighted by molar-refractivity contribution is -0.143. The molecule has 1 heterocycles. The minimum atomic E-state index is 0.0597. The molecule has 0 N–H and O–H groups in total. The Kier molecular flexibility index (Phi) is 1.07. The zero-order valence-electron chi connectivity index (χ0n) is 6.00. The first-order chi connectivity index (χ1) is 5.27. The van der Waals surface area contributed by atoms with Crippen LogP contribution in [-0.2, 0) is 9.53 Å². The van der Waals surface area contributed by atoms with Crippen LogP contribution in [0.2, 0.25) is 0 Å². The molecular formula is C8H9BrO2. The zero-order valence-corrected chi connectivity index (χ0v) is 7.58. The standard InChI is InChI=1S/C8H9BrO2/c9-6-3-1-4-5(2-3)8(10)11-7(4)6/h3-7H,1-2H2/t3-,4-,5-,6+,7+/m1/s1. The van der Waals surface area contributed by atoms with Gasteiger partial charge in [-0.2, -0.15) is 0 Å². The molecule has 0 aromatic carbocycles. The highest BCUT2D eigenvalue weighted by atomic mass is 79.9. The highest BCUT2D eigenvalue weighted by Crippen LogP contribution is 2.56. The number of ether oxygens (including phenoxy) is 1. The zero-order chi connectivity index (χ0) is 7.59. The monoisotopic (exact) mass is 216 g/mol. The molecule has 3 rings (SSSR count). The van der Waals surface area contributed by atoms with Crippen LogP contribution in [0.4, 0.5) is 0 Å². The average molecular weight is 217 g/mol. The number of carbonyl (C=O) groups excluding carboxylic acids is 1. The van der Waals surface area contributed by atoms with Gasteiger partial charge in [0, 0.05) is 5.92 Å². The molecular weight excluding hydrogens is 208 g/mol. The molecule has 3 fully saturated rings. The maximum atomic E-state index is 11.2. The molecule has 0 aromatic heterocycles. The van der Waals surface area contributed by atoms with Crippen molar-refractivity contribution in [3.05, 3.63) is 0 Å². The number of fused-ring (bicyclic) bond motifs is 1. The minimum absolute atomic E-state index is 0.0597. The second-order valence-corrected chi connectivity index (χ2v) is 4.91. The first-order valence-corrected chi connectivity index (χ1v) is 5.03. The Morgan fingerprint density at radius 1 is 1.45 bits per heavy atom. The molecule has 2 aliphatic carbocycles. The van der Waals surface area contributed by atoms with Gasteiger partial charge in [0.1, 0.15) is 6.10 Å². The number of halogens is 1. The molecule has 2 saturated carbocycles. The minimum Gasteiger partial charge on any atom is -0.461 e. The van der Waals surface area contributed by atoms with Crippen LogP contribution in [0.1, 0.15) is 12.8 Å². The van der Waals surface area contributed by atoms with E-state index in [0.717, 1.165) is 6.42 Å². The van der Waals surface area contributed by atoms with Crippen molar-refractivity contribution in [1.82, 2.24) is 0 Å². The third-order valence-electron chi connectivity index (χ3n) is 3.39. The summed E-state index contributed by atoms with van der Waals surface area (Å²) in [4.78, 5) is 11.6. The topological polar surface area (TPSA) is 26.3 Å². The molecule has 1 aliphatic heterocycles. The quantitative estimate of drug-likeness (QED) is 0.452. The van der Waals surface area contributed by atoms with E-state index in [1.807, 2.05) is 0 Å². The summed E-state index contributed by atoms with van der Waals surface area (Å²) in [6.07, 6.45) is 2.48. The average Bonchev–Trinajstić information content (AvgIpc) is 2.53. The van der Waals surface area contributed by atoms with Crippen LogP contribution in [0.15, 0.2) is 0 Å². The van der Waals surface area contributed by atoms with Gasteiger partial charge in [0.05, 0.1) is 10.7 Å². The van der Waals surface area contributed by atoms with Gasteiger partial charge in [0.15, 0.2) is 0 Å². The van der Waals surface area contributed by atoms with E-state index in [2.05, 4.69) is 15.9 Å². The third-order valence-corrected chi connectivity index (χ3v) is 4.66. The molecule has 60 valence electrons. The van der Waals surface area contributed by atoms with Gasteiger partial charge in [-0.15, -0.1) is 0 Å². The lowest BCUT2D eigenvalue weighted by Crippen LogP contribution is -2.26. The summed E-state index contributed by atoms with van der Waals surface area (Å²) < 4.78 is 5.27. The SMILES string of the molecule is O=C1O[C@@H]2[C@@H](Br)[C@@H]3C[C@@H]2[C@H]1C3. The highest BCUT2D eigenvalue weighted by molar-refractivity contribution is 9.09. The maximum Gasteiger partial charge on any atom is 0.309 e. The molecule has 11 heavy (non-hydrogen) atoms. The second-order valence-electron chi connectivity index (χ2n) is 3.85. The summed E-state index contributed by atoms with van der Waals surface area (Å²) in [6.45, 7) is 0. The number of carbonyl (C=O) groups is 1. The Balaban J connectivity index is 2.04. The van der Waals surface area contributed by atoms with Gasteiger partial charge in [-0.3, -0.25) is 4.79 Å². The van der Waals surface area contributed by atoms with E-state index in [1.54, 1.807) is 0 Å². The first-order valence-electron chi connectivity index (χ1n) is 4.12. The number of hydrogen-bond donors (Lipinski definition) is 0. The summed E-state index contributed by atoms with van der Waals surface area (Å²) in [7, 11) is 0. The van der Waals surface area contributed by atoms with Gasteiger partial charge in [0.25, 0.3) is 0 Å². The van der Waals surface area contributed by atoms with Crippen molar-refractivity contribution < 1.29 is 9.53 Å². The molecule has 0 spiro atoms. The molecule has 2 nitrogen and oxygen atoms in total. The Bertz CT molecular complexity index is 228. The molecule has 3 heteroatoms. The fourth-order valence-corrected chi connectivity index (χ4v) is 3.82. The normalized spacial score (nSPS) is 58.6. The van der Waals surface area contributed by atoms with Gasteiger partial charge < -0.3 is 4.74 Å². The second kappa shape index (κ2) is 1.82. The smallest absolute Gasteiger partial charge is 0.309 e. The van der Waals surface area contributed by atoms with E-state index < -0.39 is 0 Å². The van der Waals surface area contributed by atoms with Gasteiger partial charge in [-0.25, -0.2) is 0 Å². The van der Waals surface area contributed by atoms with Crippen LogP contribution in [0.5, 0.6) is 0 Å². The van der Waals surface area contributed by atoms with Crippen LogP contribution in [0, 0.1) is 17.8 Å². The Morgan fingerprint density at radius 3 is 2.91 bits per heavy atom. The highest BCUT2D eigenvalue weighted by Gasteiger charge is 2.60. The van der Waals surface area contributed by atoms with Crippen LogP contribution >= 0.6 is 15.9 Å². The van der Waals surface area contributed by atoms with E-state index in [1.165, 1.54) is 6.42 Å². The number of alkyl halides is 1. The van der Waals surface area contributed by atoms with E-state index in [-0.39, 0.29) is 18.0 Å². The summed E-state index contributed by atoms with van der Waals surface area (Å²) in [5.74, 6) is 1.58. The lowest BCUT2D eigenvalue weighted by Gasteiger charge is -2.18. The molecule has 0 amide bonds. The summed E-state index contributed by atoms with van der Waals surface area (Å²) in [5.41, 5.74) is 0. The number of hydrogen-bond acceptors (Lipinski definition) is 2. The Hall–Kier alpha value is -0.0500. The van der Waals surface area contributed by atoms with Gasteiger partial charge in [0.2, 0.25) is 0 Å². The molecule has 0 aromatic rings. The fourth-order valence-electron chi connectivity index (χ4n) is 2.88. The molecule has 2 bridgehead atoms. The predicted octanol–water partition coefficient (Wildman–Crippen LogP) is 1.33. The Morgan fingerprint density at radius 2 is 2.27 bits per heavy atom. The molecule has 0 unspecified atom stereocenters. The van der Waals surface area contributed by atoms with Crippen molar-refractivity contribution in [2.75, 3.05) is 0 Å². The number of esters is 1. The molecule has 5 atom stereocenters. The van der Waals surface area contributed by atoms with Crippen molar-refractivity contribution in [2.45, 2.75) is 23.8 Å². The van der Waals surface area contributed by atoms with Gasteiger partial charge >= 0.3 is 5.97 Å². The fraction of sp³-hybridized carbons (Fsp3) is 0.875. The summed E-state index contributed by atoms with van der Waals surface area (Å²) in [5, 5.41) is 0.